The predicted octanol–water partition coefficient (Wildman–Crippen LogP) is 8.84. The molecule has 40 heavy (non-hydrogen) atoms. The molecule has 0 spiro atoms. The summed E-state index contributed by atoms with van der Waals surface area (Å²) in [5.74, 6) is 0.589. The summed E-state index contributed by atoms with van der Waals surface area (Å²) >= 11 is 0. The summed E-state index contributed by atoms with van der Waals surface area (Å²) in [6.07, 6.45) is 5.48. The Morgan fingerprint density at radius 3 is 1.73 bits per heavy atom. The fourth-order valence-corrected chi connectivity index (χ4v) is 6.42. The van der Waals surface area contributed by atoms with Crippen LogP contribution in [0.1, 0.15) is 73.8 Å². The Bertz CT molecular complexity index is 1030. The third-order valence-corrected chi connectivity index (χ3v) is 18.1. The van der Waals surface area contributed by atoms with Crippen molar-refractivity contribution >= 4 is 34.2 Å². The average molecular weight is 588 g/mol. The zero-order valence-electron chi connectivity index (χ0n) is 27.8. The van der Waals surface area contributed by atoms with Crippen molar-refractivity contribution in [3.8, 4) is 0 Å². The van der Waals surface area contributed by atoms with Crippen LogP contribution in [0.2, 0.25) is 36.3 Å². The van der Waals surface area contributed by atoms with E-state index in [0.29, 0.717) is 25.4 Å². The molecule has 0 bridgehead atoms. The highest BCUT2D eigenvalue weighted by atomic mass is 28.4. The van der Waals surface area contributed by atoms with Crippen molar-refractivity contribution in [3.05, 3.63) is 47.2 Å². The standard InChI is InChI=1S/C33H57NO4Si2/c1-31(2,3)39(10,11)37-22-20-34(21-23-38-40(12,13)32(4,5)6)28-18-15-26(16-19-28)14-17-27-24-33(7,8)25-29(35)30(27)36-9/h14-19H,20-25H2,1-13H3/b17-14+. The first-order chi connectivity index (χ1) is 18.2. The minimum atomic E-state index is -1.82. The Balaban J connectivity index is 2.20. The highest BCUT2D eigenvalue weighted by Gasteiger charge is 2.38. The van der Waals surface area contributed by atoms with Gasteiger partial charge in [-0.3, -0.25) is 4.79 Å². The van der Waals surface area contributed by atoms with Crippen LogP contribution in [0.4, 0.5) is 5.69 Å². The Kier molecular flexibility index (Phi) is 11.3. The van der Waals surface area contributed by atoms with Crippen LogP contribution in [0.25, 0.3) is 6.08 Å². The van der Waals surface area contributed by atoms with Crippen LogP contribution in [0, 0.1) is 5.41 Å². The lowest BCUT2D eigenvalue weighted by molar-refractivity contribution is -0.121. The molecule has 0 amide bonds. The molecule has 1 aliphatic rings. The number of anilines is 1. The Morgan fingerprint density at radius 1 is 0.825 bits per heavy atom. The molecule has 0 saturated carbocycles. The lowest BCUT2D eigenvalue weighted by atomic mass is 9.76. The number of methoxy groups -OCH3 is 1. The van der Waals surface area contributed by atoms with Gasteiger partial charge in [-0.1, -0.05) is 79.7 Å². The molecule has 226 valence electrons. The molecule has 5 nitrogen and oxygen atoms in total. The Morgan fingerprint density at radius 2 is 1.30 bits per heavy atom. The smallest absolute Gasteiger partial charge is 0.198 e. The average Bonchev–Trinajstić information content (AvgIpc) is 2.79. The van der Waals surface area contributed by atoms with E-state index in [1.165, 1.54) is 5.69 Å². The minimum absolute atomic E-state index is 0.0535. The van der Waals surface area contributed by atoms with Crippen LogP contribution < -0.4 is 4.90 Å². The van der Waals surface area contributed by atoms with Gasteiger partial charge >= 0.3 is 0 Å². The molecule has 0 heterocycles. The number of benzene rings is 1. The predicted molar refractivity (Wildman–Crippen MR) is 176 cm³/mol. The molecule has 0 aromatic heterocycles. The summed E-state index contributed by atoms with van der Waals surface area (Å²) in [4.78, 5) is 14.9. The summed E-state index contributed by atoms with van der Waals surface area (Å²) in [5.41, 5.74) is 3.18. The summed E-state index contributed by atoms with van der Waals surface area (Å²) in [6, 6.07) is 8.65. The van der Waals surface area contributed by atoms with Gasteiger partial charge in [0, 0.05) is 25.2 Å². The number of hydrogen-bond donors (Lipinski definition) is 0. The number of hydrogen-bond acceptors (Lipinski definition) is 5. The molecule has 0 aliphatic heterocycles. The van der Waals surface area contributed by atoms with Crippen molar-refractivity contribution in [2.24, 2.45) is 5.41 Å². The van der Waals surface area contributed by atoms with Crippen LogP contribution in [-0.2, 0) is 18.4 Å². The summed E-state index contributed by atoms with van der Waals surface area (Å²) < 4.78 is 18.5. The molecule has 0 atom stereocenters. The Hall–Kier alpha value is -1.68. The zero-order chi connectivity index (χ0) is 30.6. The molecule has 2 rings (SSSR count). The first-order valence-corrected chi connectivity index (χ1v) is 20.6. The monoisotopic (exact) mass is 587 g/mol. The fourth-order valence-electron chi connectivity index (χ4n) is 4.35. The lowest BCUT2D eigenvalue weighted by Gasteiger charge is -2.38. The normalized spacial score (nSPS) is 17.1. The van der Waals surface area contributed by atoms with Gasteiger partial charge in [-0.2, -0.15) is 0 Å². The van der Waals surface area contributed by atoms with Gasteiger partial charge < -0.3 is 18.5 Å². The second-order valence-corrected chi connectivity index (χ2v) is 24.7. The van der Waals surface area contributed by atoms with Gasteiger partial charge in [0.2, 0.25) is 0 Å². The van der Waals surface area contributed by atoms with Crippen molar-refractivity contribution in [3.63, 3.8) is 0 Å². The number of ether oxygens (including phenoxy) is 1. The number of rotatable bonds is 12. The number of ketones is 1. The number of carbonyl (C=O) groups excluding carboxylic acids is 1. The van der Waals surface area contributed by atoms with Gasteiger partial charge in [0.25, 0.3) is 0 Å². The first-order valence-electron chi connectivity index (χ1n) is 14.8. The van der Waals surface area contributed by atoms with Gasteiger partial charge in [0.1, 0.15) is 0 Å². The molecule has 0 unspecified atom stereocenters. The van der Waals surface area contributed by atoms with E-state index in [2.05, 4.69) is 117 Å². The van der Waals surface area contributed by atoms with E-state index in [0.717, 1.165) is 30.6 Å². The van der Waals surface area contributed by atoms with E-state index in [-0.39, 0.29) is 21.3 Å². The molecule has 0 N–H and O–H groups in total. The van der Waals surface area contributed by atoms with Gasteiger partial charge in [-0.15, -0.1) is 0 Å². The molecular formula is C33H57NO4Si2. The number of nitrogens with zero attached hydrogens (tertiary/aromatic N) is 1. The third kappa shape index (κ3) is 9.43. The van der Waals surface area contributed by atoms with E-state index in [1.807, 2.05) is 6.08 Å². The maximum absolute atomic E-state index is 12.6. The molecular weight excluding hydrogens is 531 g/mol. The highest BCUT2D eigenvalue weighted by molar-refractivity contribution is 6.74. The van der Waals surface area contributed by atoms with Gasteiger partial charge in [0.15, 0.2) is 28.2 Å². The summed E-state index contributed by atoms with van der Waals surface area (Å²) in [5, 5.41) is 0.376. The van der Waals surface area contributed by atoms with Crippen LogP contribution in [-0.4, -0.2) is 55.8 Å². The number of carbonyl (C=O) groups is 1. The van der Waals surface area contributed by atoms with E-state index in [1.54, 1.807) is 7.11 Å². The maximum atomic E-state index is 12.6. The minimum Gasteiger partial charge on any atom is -0.493 e. The second kappa shape index (κ2) is 13.1. The molecule has 1 aliphatic carbocycles. The van der Waals surface area contributed by atoms with Crippen molar-refractivity contribution in [1.82, 2.24) is 0 Å². The van der Waals surface area contributed by atoms with Crippen LogP contribution in [0.5, 0.6) is 0 Å². The van der Waals surface area contributed by atoms with E-state index in [4.69, 9.17) is 13.6 Å². The third-order valence-electron chi connectivity index (χ3n) is 9.05. The van der Waals surface area contributed by atoms with E-state index in [9.17, 15) is 4.79 Å². The molecule has 0 fully saturated rings. The molecule has 1 aromatic carbocycles. The van der Waals surface area contributed by atoms with Crippen molar-refractivity contribution in [2.75, 3.05) is 38.3 Å². The maximum Gasteiger partial charge on any atom is 0.198 e. The Labute approximate surface area is 247 Å². The molecule has 0 radical (unpaired) electrons. The number of allylic oxidation sites excluding steroid dienone is 3. The van der Waals surface area contributed by atoms with Gasteiger partial charge in [0.05, 0.1) is 20.3 Å². The molecule has 0 saturated heterocycles. The SMILES string of the molecule is COC1=C(/C=C/c2ccc(N(CCO[Si](C)(C)C(C)(C)C)CCO[Si](C)(C)C(C)(C)C)cc2)CC(C)(C)CC1=O. The van der Waals surface area contributed by atoms with Crippen LogP contribution in [0.15, 0.2) is 41.7 Å². The number of Topliss-reactive ketones (excluding diaryl/α,β-unsaturated/α-hetero) is 1. The van der Waals surface area contributed by atoms with E-state index >= 15 is 0 Å². The second-order valence-electron chi connectivity index (χ2n) is 15.1. The van der Waals surface area contributed by atoms with Crippen LogP contribution in [0.3, 0.4) is 0 Å². The van der Waals surface area contributed by atoms with Crippen LogP contribution >= 0.6 is 0 Å². The lowest BCUT2D eigenvalue weighted by Crippen LogP contribution is -2.44. The van der Waals surface area contributed by atoms with Crippen molar-refractivity contribution in [1.29, 1.82) is 0 Å². The molecule has 1 aromatic rings. The summed E-state index contributed by atoms with van der Waals surface area (Å²) in [7, 11) is -2.05. The van der Waals surface area contributed by atoms with E-state index < -0.39 is 16.6 Å². The zero-order valence-corrected chi connectivity index (χ0v) is 29.8. The highest BCUT2D eigenvalue weighted by Crippen LogP contribution is 2.39. The molecule has 7 heteroatoms. The first kappa shape index (κ1) is 34.5. The van der Waals surface area contributed by atoms with Crippen molar-refractivity contribution < 1.29 is 18.4 Å². The largest absolute Gasteiger partial charge is 0.493 e. The van der Waals surface area contributed by atoms with Gasteiger partial charge in [-0.25, -0.2) is 0 Å². The fraction of sp³-hybridized carbons (Fsp3) is 0.667. The summed E-state index contributed by atoms with van der Waals surface area (Å²) in [6.45, 7) is 30.3. The van der Waals surface area contributed by atoms with Gasteiger partial charge in [-0.05, 0) is 71.4 Å². The quantitative estimate of drug-likeness (QED) is 0.229. The topological polar surface area (TPSA) is 48.0 Å². The van der Waals surface area contributed by atoms with Crippen molar-refractivity contribution in [2.45, 2.75) is 104 Å².